The molecular formula is CAgAuZn. The first-order valence-corrected chi connectivity index (χ1v) is 0. The third kappa shape index (κ3) is 8.93. The van der Waals surface area contributed by atoms with Crippen LogP contribution >= 0.6 is 0 Å². The molecule has 0 bridgehead atoms. The Bertz CT molecular complexity index is 8.00. The van der Waals surface area contributed by atoms with Crippen LogP contribution in [0.3, 0.4) is 0 Å². The molecule has 0 N–H and O–H groups in total. The SMILES string of the molecule is [Ag].[Au].[C].[Zn]. The summed E-state index contributed by atoms with van der Waals surface area (Å²) in [6.07, 6.45) is 0. The summed E-state index contributed by atoms with van der Waals surface area (Å²) < 4.78 is 0. The summed E-state index contributed by atoms with van der Waals surface area (Å²) in [6.45, 7) is 0. The van der Waals surface area contributed by atoms with E-state index in [1.54, 1.807) is 0 Å². The summed E-state index contributed by atoms with van der Waals surface area (Å²) in [5.41, 5.74) is 0. The smallest absolute Gasteiger partial charge is 0 e. The summed E-state index contributed by atoms with van der Waals surface area (Å²) in [4.78, 5) is 0. The molecule has 0 spiro atoms. The van der Waals surface area contributed by atoms with E-state index < -0.39 is 0 Å². The van der Waals surface area contributed by atoms with Crippen molar-refractivity contribution in [1.29, 1.82) is 0 Å². The molecule has 6 radical (unpaired) electrons. The Labute approximate surface area is 70.9 Å². The fourth-order valence-corrected chi connectivity index (χ4v) is 0. The largest absolute Gasteiger partial charge is 0 e. The molecule has 0 atom stereocenters. The van der Waals surface area contributed by atoms with Crippen molar-refractivity contribution in [1.82, 2.24) is 0 Å². The molecule has 0 aliphatic rings. The molecule has 28 valence electrons. The monoisotopic (exact) mass is 380 g/mol. The molecule has 0 amide bonds. The standard InChI is InChI=1S/C.Ag.Au.Zn. The average molecular weight is 382 g/mol. The minimum Gasteiger partial charge on any atom is 0 e. The van der Waals surface area contributed by atoms with Gasteiger partial charge in [-0.2, -0.15) is 0 Å². The van der Waals surface area contributed by atoms with Crippen LogP contribution in [-0.2, 0) is 64.2 Å². The van der Waals surface area contributed by atoms with Crippen molar-refractivity contribution in [3.63, 3.8) is 0 Å². The summed E-state index contributed by atoms with van der Waals surface area (Å²) in [5.74, 6) is 0. The third-order valence-corrected chi connectivity index (χ3v) is 0. The quantitative estimate of drug-likeness (QED) is 0.521. The van der Waals surface area contributed by atoms with Gasteiger partial charge in [-0.15, -0.1) is 0 Å². The second-order valence-electron chi connectivity index (χ2n) is 0. The Hall–Kier alpha value is 2.10. The van der Waals surface area contributed by atoms with Crippen LogP contribution in [0.25, 0.3) is 0 Å². The Kier molecular flexibility index (Phi) is 174. The van der Waals surface area contributed by atoms with Gasteiger partial charge >= 0.3 is 0 Å². The molecule has 0 heterocycles. The number of rotatable bonds is 0. The van der Waals surface area contributed by atoms with Gasteiger partial charge in [0.15, 0.2) is 0 Å². The predicted octanol–water partition coefficient (Wildman–Crippen LogP) is 0.0738. The number of hydrogen-bond acceptors (Lipinski definition) is 0. The number of hydrogen-bond donors (Lipinski definition) is 0. The summed E-state index contributed by atoms with van der Waals surface area (Å²) >= 11 is 0. The van der Waals surface area contributed by atoms with Crippen LogP contribution in [0.15, 0.2) is 0 Å². The van der Waals surface area contributed by atoms with Crippen LogP contribution in [0.5, 0.6) is 0 Å². The zero-order chi connectivity index (χ0) is 0. The molecule has 0 fully saturated rings. The van der Waals surface area contributed by atoms with E-state index >= 15 is 0 Å². The van der Waals surface area contributed by atoms with Crippen molar-refractivity contribution in [2.24, 2.45) is 0 Å². The first kappa shape index (κ1) is 35.9. The van der Waals surface area contributed by atoms with E-state index in [1.165, 1.54) is 0 Å². The van der Waals surface area contributed by atoms with Gasteiger partial charge in [-0.05, 0) is 0 Å². The minimum absolute atomic E-state index is 0. The zero-order valence-electron chi connectivity index (χ0n) is 1.81. The Morgan fingerprint density at radius 2 is 1.00 bits per heavy atom. The van der Waals surface area contributed by atoms with E-state index in [9.17, 15) is 0 Å². The second kappa shape index (κ2) is 19.4. The van der Waals surface area contributed by atoms with Gasteiger partial charge in [0.05, 0.1) is 0 Å². The Balaban J connectivity index is 0. The van der Waals surface area contributed by atoms with Crippen LogP contribution in [0.4, 0.5) is 0 Å². The Morgan fingerprint density at radius 3 is 1.00 bits per heavy atom. The first-order chi connectivity index (χ1) is 0. The molecule has 0 saturated carbocycles. The van der Waals surface area contributed by atoms with Gasteiger partial charge in [-0.1, -0.05) is 0 Å². The average Bonchev–Trinajstić information content (AvgIpc) is 0. The van der Waals surface area contributed by atoms with Gasteiger partial charge in [0.1, 0.15) is 0 Å². The Morgan fingerprint density at radius 1 is 1.00 bits per heavy atom. The van der Waals surface area contributed by atoms with Crippen molar-refractivity contribution in [3.05, 3.63) is 7.43 Å². The van der Waals surface area contributed by atoms with Gasteiger partial charge in [-0.3, -0.25) is 0 Å². The van der Waals surface area contributed by atoms with Crippen LogP contribution in [0.1, 0.15) is 0 Å². The summed E-state index contributed by atoms with van der Waals surface area (Å²) in [6, 6.07) is 0. The zero-order valence-corrected chi connectivity index (χ0v) is 8.43. The van der Waals surface area contributed by atoms with E-state index in [4.69, 9.17) is 0 Å². The maximum absolute atomic E-state index is 0. The van der Waals surface area contributed by atoms with E-state index in [0.29, 0.717) is 0 Å². The molecule has 0 aliphatic carbocycles. The molecule has 0 unspecified atom stereocenters. The topological polar surface area (TPSA) is 0 Å². The molecule has 0 nitrogen and oxygen atoms in total. The third-order valence-electron chi connectivity index (χ3n) is 0. The van der Waals surface area contributed by atoms with E-state index in [-0.39, 0.29) is 71.7 Å². The molecule has 0 aromatic carbocycles. The molecular weight excluding hydrogens is 382 g/mol. The summed E-state index contributed by atoms with van der Waals surface area (Å²) in [5, 5.41) is 0. The van der Waals surface area contributed by atoms with Crippen molar-refractivity contribution < 1.29 is 64.2 Å². The van der Waals surface area contributed by atoms with Crippen LogP contribution in [0, 0.1) is 7.43 Å². The molecule has 0 rings (SSSR count). The fraction of sp³-hybridized carbons (Fsp3) is 0. The van der Waals surface area contributed by atoms with Crippen LogP contribution in [0.2, 0.25) is 0 Å². The van der Waals surface area contributed by atoms with Gasteiger partial charge in [-0.25, -0.2) is 0 Å². The van der Waals surface area contributed by atoms with Gasteiger partial charge in [0, 0.05) is 71.7 Å². The van der Waals surface area contributed by atoms with Gasteiger partial charge in [0.2, 0.25) is 0 Å². The first-order valence-electron chi connectivity index (χ1n) is 0. The summed E-state index contributed by atoms with van der Waals surface area (Å²) in [7, 11) is 0. The van der Waals surface area contributed by atoms with E-state index in [1.807, 2.05) is 0 Å². The predicted molar refractivity (Wildman–Crippen MR) is 3.24 cm³/mol. The maximum atomic E-state index is 0. The molecule has 4 heavy (non-hydrogen) atoms. The van der Waals surface area contributed by atoms with Crippen molar-refractivity contribution >= 4 is 0 Å². The second-order valence-corrected chi connectivity index (χ2v) is 0. The van der Waals surface area contributed by atoms with Crippen LogP contribution < -0.4 is 0 Å². The molecule has 0 aromatic rings. The van der Waals surface area contributed by atoms with Crippen molar-refractivity contribution in [2.45, 2.75) is 0 Å². The van der Waals surface area contributed by atoms with E-state index in [2.05, 4.69) is 0 Å². The van der Waals surface area contributed by atoms with E-state index in [0.717, 1.165) is 0 Å². The fourth-order valence-electron chi connectivity index (χ4n) is 0. The van der Waals surface area contributed by atoms with Crippen LogP contribution in [-0.4, -0.2) is 0 Å². The minimum atomic E-state index is 0. The molecule has 0 aromatic heterocycles. The normalized spacial score (nSPS) is 0. The van der Waals surface area contributed by atoms with Gasteiger partial charge < -0.3 is 0 Å². The molecule has 0 aliphatic heterocycles. The van der Waals surface area contributed by atoms with Gasteiger partial charge in [0.25, 0.3) is 0 Å². The maximum Gasteiger partial charge on any atom is 0 e. The molecule has 3 heteroatoms. The van der Waals surface area contributed by atoms with Crippen molar-refractivity contribution in [3.8, 4) is 0 Å². The molecule has 0 saturated heterocycles. The van der Waals surface area contributed by atoms with Crippen molar-refractivity contribution in [2.75, 3.05) is 0 Å².